The Morgan fingerprint density at radius 3 is 2.86 bits per heavy atom. The van der Waals surface area contributed by atoms with E-state index in [2.05, 4.69) is 32.9 Å². The lowest BCUT2D eigenvalue weighted by Gasteiger charge is -2.59. The molecule has 4 rings (SSSR count). The molecule has 0 aromatic rings. The number of hydrogen-bond donors (Lipinski definition) is 0. The molecule has 4 unspecified atom stereocenters. The Balaban J connectivity index is 1.78. The minimum absolute atomic E-state index is 0.505. The molecule has 5 atom stereocenters. The third-order valence-corrected chi connectivity index (χ3v) is 8.41. The third kappa shape index (κ3) is 1.88. The molecule has 0 heterocycles. The summed E-state index contributed by atoms with van der Waals surface area (Å²) in [5.41, 5.74) is 4.86. The summed E-state index contributed by atoms with van der Waals surface area (Å²) in [6, 6.07) is 0. The van der Waals surface area contributed by atoms with Gasteiger partial charge >= 0.3 is 0 Å². The van der Waals surface area contributed by atoms with Gasteiger partial charge in [0.25, 0.3) is 0 Å². The minimum Gasteiger partial charge on any atom is -0.0881 e. The van der Waals surface area contributed by atoms with E-state index in [9.17, 15) is 0 Å². The molecule has 3 fully saturated rings. The average molecular weight is 299 g/mol. The quantitative estimate of drug-likeness (QED) is 0.474. The predicted octanol–water partition coefficient (Wildman–Crippen LogP) is 6.68. The zero-order chi connectivity index (χ0) is 15.4. The number of hydrogen-bond acceptors (Lipinski definition) is 0. The van der Waals surface area contributed by atoms with Crippen molar-refractivity contribution in [3.8, 4) is 0 Å². The maximum atomic E-state index is 2.63. The molecular formula is C22H34. The fraction of sp³-hybridized carbons (Fsp3) is 0.818. The van der Waals surface area contributed by atoms with Crippen LogP contribution in [0.5, 0.6) is 0 Å². The minimum atomic E-state index is 0.505. The first-order valence-electron chi connectivity index (χ1n) is 9.99. The van der Waals surface area contributed by atoms with E-state index >= 15 is 0 Å². The molecular weight excluding hydrogens is 264 g/mol. The molecule has 0 amide bonds. The Hall–Kier alpha value is -0.520. The van der Waals surface area contributed by atoms with Gasteiger partial charge in [-0.05, 0) is 93.3 Å². The molecule has 0 spiro atoms. The normalized spacial score (nSPS) is 49.3. The number of fused-ring (bicyclic) bond motifs is 5. The second kappa shape index (κ2) is 5.25. The van der Waals surface area contributed by atoms with Gasteiger partial charge in [0.2, 0.25) is 0 Å². The first-order valence-corrected chi connectivity index (χ1v) is 9.99. The molecule has 0 saturated heterocycles. The first kappa shape index (κ1) is 15.0. The van der Waals surface area contributed by atoms with Gasteiger partial charge in [-0.25, -0.2) is 0 Å². The van der Waals surface area contributed by atoms with Crippen molar-refractivity contribution in [1.29, 1.82) is 0 Å². The van der Waals surface area contributed by atoms with Crippen LogP contribution in [0.25, 0.3) is 0 Å². The SMILES string of the molecule is C/C=C1/CC2(CC)CCCC2C2CCC3=CCCC[C@]3(C)C12. The molecule has 0 bridgehead atoms. The molecule has 22 heavy (non-hydrogen) atoms. The summed E-state index contributed by atoms with van der Waals surface area (Å²) in [7, 11) is 0. The van der Waals surface area contributed by atoms with E-state index in [1.807, 2.05) is 11.1 Å². The highest BCUT2D eigenvalue weighted by atomic mass is 14.6. The van der Waals surface area contributed by atoms with E-state index in [1.54, 1.807) is 0 Å². The second-order valence-electron chi connectivity index (χ2n) is 8.97. The predicted molar refractivity (Wildman–Crippen MR) is 94.7 cm³/mol. The summed E-state index contributed by atoms with van der Waals surface area (Å²) in [6.45, 7) is 7.43. The summed E-state index contributed by atoms with van der Waals surface area (Å²) >= 11 is 0. The standard InChI is InChI=1S/C22H34/c1-4-16-15-22(5-2)14-8-10-19(22)18-12-11-17-9-6-7-13-21(17,3)20(16)18/h4,9,18-20H,5-8,10-15H2,1-3H3/b16-4-/t18?,19?,20?,21-,22?/m0/s1. The highest BCUT2D eigenvalue weighted by Crippen LogP contribution is 2.67. The van der Waals surface area contributed by atoms with Gasteiger partial charge in [0.05, 0.1) is 0 Å². The van der Waals surface area contributed by atoms with Crippen LogP contribution in [-0.4, -0.2) is 0 Å². The fourth-order valence-electron chi connectivity index (χ4n) is 7.38. The van der Waals surface area contributed by atoms with Crippen molar-refractivity contribution in [2.24, 2.45) is 28.6 Å². The first-order chi connectivity index (χ1) is 10.6. The molecule has 4 aliphatic rings. The Bertz CT molecular complexity index is 510. The van der Waals surface area contributed by atoms with Gasteiger partial charge < -0.3 is 0 Å². The summed E-state index contributed by atoms with van der Waals surface area (Å²) in [5.74, 6) is 2.90. The van der Waals surface area contributed by atoms with Crippen LogP contribution >= 0.6 is 0 Å². The van der Waals surface area contributed by atoms with E-state index in [1.165, 1.54) is 64.2 Å². The van der Waals surface area contributed by atoms with Crippen LogP contribution in [0.3, 0.4) is 0 Å². The van der Waals surface area contributed by atoms with Crippen molar-refractivity contribution < 1.29 is 0 Å². The van der Waals surface area contributed by atoms with Gasteiger partial charge in [-0.2, -0.15) is 0 Å². The van der Waals surface area contributed by atoms with Gasteiger partial charge in [-0.15, -0.1) is 0 Å². The van der Waals surface area contributed by atoms with Crippen molar-refractivity contribution in [3.05, 3.63) is 23.3 Å². The molecule has 0 aromatic heterocycles. The van der Waals surface area contributed by atoms with Crippen LogP contribution < -0.4 is 0 Å². The Labute approximate surface area is 137 Å². The van der Waals surface area contributed by atoms with E-state index in [-0.39, 0.29) is 0 Å². The van der Waals surface area contributed by atoms with Crippen molar-refractivity contribution >= 4 is 0 Å². The molecule has 122 valence electrons. The maximum Gasteiger partial charge on any atom is -0.00481 e. The number of allylic oxidation sites excluding steroid dienone is 4. The van der Waals surface area contributed by atoms with Crippen molar-refractivity contribution in [3.63, 3.8) is 0 Å². The van der Waals surface area contributed by atoms with Gasteiger partial charge in [0.1, 0.15) is 0 Å². The topological polar surface area (TPSA) is 0 Å². The fourth-order valence-corrected chi connectivity index (χ4v) is 7.38. The van der Waals surface area contributed by atoms with Gasteiger partial charge in [0.15, 0.2) is 0 Å². The molecule has 0 aromatic carbocycles. The van der Waals surface area contributed by atoms with Crippen LogP contribution in [0.1, 0.15) is 85.0 Å². The lowest BCUT2D eigenvalue weighted by atomic mass is 9.45. The lowest BCUT2D eigenvalue weighted by molar-refractivity contribution is -0.00846. The second-order valence-corrected chi connectivity index (χ2v) is 8.97. The van der Waals surface area contributed by atoms with E-state index in [0.29, 0.717) is 10.8 Å². The molecule has 0 N–H and O–H groups in total. The van der Waals surface area contributed by atoms with Gasteiger partial charge in [-0.1, -0.05) is 43.6 Å². The van der Waals surface area contributed by atoms with Crippen LogP contribution in [-0.2, 0) is 0 Å². The Morgan fingerprint density at radius 2 is 2.09 bits per heavy atom. The van der Waals surface area contributed by atoms with Crippen LogP contribution in [0.4, 0.5) is 0 Å². The summed E-state index contributed by atoms with van der Waals surface area (Å²) < 4.78 is 0. The van der Waals surface area contributed by atoms with E-state index in [0.717, 1.165) is 17.8 Å². The van der Waals surface area contributed by atoms with Gasteiger partial charge in [-0.3, -0.25) is 0 Å². The third-order valence-electron chi connectivity index (χ3n) is 8.41. The van der Waals surface area contributed by atoms with Crippen LogP contribution in [0, 0.1) is 28.6 Å². The highest BCUT2D eigenvalue weighted by molar-refractivity contribution is 5.31. The smallest absolute Gasteiger partial charge is 0.00481 e. The maximum absolute atomic E-state index is 2.63. The Morgan fingerprint density at radius 1 is 1.23 bits per heavy atom. The van der Waals surface area contributed by atoms with Crippen molar-refractivity contribution in [1.82, 2.24) is 0 Å². The summed E-state index contributed by atoms with van der Waals surface area (Å²) in [4.78, 5) is 0. The molecule has 0 nitrogen and oxygen atoms in total. The monoisotopic (exact) mass is 298 g/mol. The highest BCUT2D eigenvalue weighted by Gasteiger charge is 2.58. The molecule has 0 heteroatoms. The molecule has 0 aliphatic heterocycles. The summed E-state index contributed by atoms with van der Waals surface area (Å²) in [6.07, 6.45) is 19.6. The van der Waals surface area contributed by atoms with Crippen molar-refractivity contribution in [2.45, 2.75) is 85.0 Å². The summed E-state index contributed by atoms with van der Waals surface area (Å²) in [5, 5.41) is 0. The molecule has 4 aliphatic carbocycles. The largest absolute Gasteiger partial charge is 0.0881 e. The number of rotatable bonds is 1. The van der Waals surface area contributed by atoms with Crippen molar-refractivity contribution in [2.75, 3.05) is 0 Å². The zero-order valence-electron chi connectivity index (χ0n) is 15.0. The molecule has 0 radical (unpaired) electrons. The Kier molecular flexibility index (Phi) is 3.59. The van der Waals surface area contributed by atoms with Crippen LogP contribution in [0.15, 0.2) is 23.3 Å². The lowest BCUT2D eigenvalue weighted by Crippen LogP contribution is -2.50. The molecule has 3 saturated carbocycles. The zero-order valence-corrected chi connectivity index (χ0v) is 15.0. The van der Waals surface area contributed by atoms with Gasteiger partial charge in [0, 0.05) is 0 Å². The van der Waals surface area contributed by atoms with E-state index in [4.69, 9.17) is 0 Å². The van der Waals surface area contributed by atoms with Crippen LogP contribution in [0.2, 0.25) is 0 Å². The van der Waals surface area contributed by atoms with E-state index < -0.39 is 0 Å². The average Bonchev–Trinajstić information content (AvgIpc) is 2.97.